The van der Waals surface area contributed by atoms with Crippen molar-refractivity contribution in [3.8, 4) is 5.75 Å². The monoisotopic (exact) mass is 348 g/mol. The van der Waals surface area contributed by atoms with Gasteiger partial charge in [0.15, 0.2) is 0 Å². The Morgan fingerprint density at radius 3 is 2.17 bits per heavy atom. The first-order valence-electron chi connectivity index (χ1n) is 7.72. The maximum Gasteiger partial charge on any atom is 0.492 e. The van der Waals surface area contributed by atoms with Crippen molar-refractivity contribution in [2.45, 2.75) is 58.4 Å². The van der Waals surface area contributed by atoms with Crippen LogP contribution in [0.1, 0.15) is 46.6 Å². The predicted molar refractivity (Wildman–Crippen MR) is 86.3 cm³/mol. The van der Waals surface area contributed by atoms with Gasteiger partial charge in [0.25, 0.3) is 0 Å². The quantitative estimate of drug-likeness (QED) is 0.744. The zero-order chi connectivity index (χ0) is 18.8. The first kappa shape index (κ1) is 20.8. The smallest absolute Gasteiger partial charge is 0.492 e. The van der Waals surface area contributed by atoms with Crippen molar-refractivity contribution in [1.29, 1.82) is 0 Å². The average molecular weight is 348 g/mol. The van der Waals surface area contributed by atoms with Crippen molar-refractivity contribution in [2.24, 2.45) is 0 Å². The first-order chi connectivity index (χ1) is 10.8. The van der Waals surface area contributed by atoms with E-state index < -0.39 is 35.5 Å². The van der Waals surface area contributed by atoms with Crippen molar-refractivity contribution >= 4 is 12.6 Å². The van der Waals surface area contributed by atoms with Crippen molar-refractivity contribution in [1.82, 2.24) is 0 Å². The van der Waals surface area contributed by atoms with Gasteiger partial charge in [0.2, 0.25) is 0 Å². The molecule has 24 heavy (non-hydrogen) atoms. The number of aliphatic hydroxyl groups is 1. The van der Waals surface area contributed by atoms with Crippen molar-refractivity contribution < 1.29 is 32.7 Å². The standard InChI is InChI=1S/C16H24BF3O4/c1-6-9-23-11-7-8-13(12(10-11)16(18,19)20)17(22)24-15(4,5)14(2,3)21/h7-8,10,21-22H,6,9H2,1-5H3. The van der Waals surface area contributed by atoms with Crippen LogP contribution >= 0.6 is 0 Å². The predicted octanol–water partition coefficient (Wildman–Crippen LogP) is 2.75. The van der Waals surface area contributed by atoms with E-state index in [1.807, 2.05) is 6.92 Å². The Kier molecular flexibility index (Phi) is 6.35. The molecular formula is C16H24BF3O4. The number of halogens is 3. The lowest BCUT2D eigenvalue weighted by molar-refractivity contribution is -0.137. The lowest BCUT2D eigenvalue weighted by atomic mass is 9.74. The second-order valence-electron chi connectivity index (χ2n) is 6.63. The van der Waals surface area contributed by atoms with Gasteiger partial charge in [0, 0.05) is 0 Å². The molecule has 4 nitrogen and oxygen atoms in total. The molecule has 136 valence electrons. The fourth-order valence-corrected chi connectivity index (χ4v) is 1.79. The molecule has 0 bridgehead atoms. The Bertz CT molecular complexity index is 553. The Morgan fingerprint density at radius 1 is 1.12 bits per heavy atom. The normalized spacial score (nSPS) is 13.1. The summed E-state index contributed by atoms with van der Waals surface area (Å²) in [5.41, 5.74) is -4.10. The minimum Gasteiger partial charge on any atom is -0.494 e. The molecule has 0 amide bonds. The first-order valence-corrected chi connectivity index (χ1v) is 7.72. The van der Waals surface area contributed by atoms with Crippen molar-refractivity contribution in [2.75, 3.05) is 6.61 Å². The van der Waals surface area contributed by atoms with Crippen LogP contribution in [-0.2, 0) is 10.8 Å². The third-order valence-electron chi connectivity index (χ3n) is 3.95. The lowest BCUT2D eigenvalue weighted by Crippen LogP contribution is -2.53. The van der Waals surface area contributed by atoms with Crippen molar-refractivity contribution in [3.05, 3.63) is 23.8 Å². The van der Waals surface area contributed by atoms with Crippen LogP contribution in [0, 0.1) is 0 Å². The van der Waals surface area contributed by atoms with E-state index in [4.69, 9.17) is 9.39 Å². The van der Waals surface area contributed by atoms with Gasteiger partial charge in [0.1, 0.15) is 5.75 Å². The van der Waals surface area contributed by atoms with E-state index in [0.717, 1.165) is 12.1 Å². The van der Waals surface area contributed by atoms with Gasteiger partial charge in [-0.2, -0.15) is 13.2 Å². The number of ether oxygens (including phenoxy) is 1. The zero-order valence-electron chi connectivity index (χ0n) is 14.6. The molecule has 0 aromatic heterocycles. The van der Waals surface area contributed by atoms with E-state index in [-0.39, 0.29) is 5.75 Å². The minimum absolute atomic E-state index is 0.0712. The van der Waals surface area contributed by atoms with Crippen LogP contribution in [0.3, 0.4) is 0 Å². The van der Waals surface area contributed by atoms with Crippen LogP contribution in [-0.4, -0.2) is 35.1 Å². The highest BCUT2D eigenvalue weighted by Gasteiger charge is 2.43. The molecule has 0 aliphatic heterocycles. The summed E-state index contributed by atoms with van der Waals surface area (Å²) in [5, 5.41) is 20.2. The van der Waals surface area contributed by atoms with Gasteiger partial charge in [0.05, 0.1) is 23.4 Å². The summed E-state index contributed by atoms with van der Waals surface area (Å²) >= 11 is 0. The van der Waals surface area contributed by atoms with Crippen LogP contribution in [0.2, 0.25) is 0 Å². The Hall–Kier alpha value is -1.25. The maximum atomic E-state index is 13.3. The van der Waals surface area contributed by atoms with Gasteiger partial charge < -0.3 is 19.5 Å². The summed E-state index contributed by atoms with van der Waals surface area (Å²) in [6, 6.07) is 3.32. The molecular weight excluding hydrogens is 324 g/mol. The van der Waals surface area contributed by atoms with Crippen LogP contribution in [0.4, 0.5) is 13.2 Å². The molecule has 2 N–H and O–H groups in total. The van der Waals surface area contributed by atoms with Gasteiger partial charge >= 0.3 is 13.3 Å². The zero-order valence-corrected chi connectivity index (χ0v) is 14.6. The maximum absolute atomic E-state index is 13.3. The van der Waals surface area contributed by atoms with Gasteiger partial charge in [-0.25, -0.2) is 0 Å². The SMILES string of the molecule is CCCOc1ccc(B(O)OC(C)(C)C(C)(C)O)c(C(F)(F)F)c1. The summed E-state index contributed by atoms with van der Waals surface area (Å²) in [7, 11) is -1.84. The number of alkyl halides is 3. The van der Waals surface area contributed by atoms with E-state index >= 15 is 0 Å². The number of hydrogen-bond donors (Lipinski definition) is 2. The van der Waals surface area contributed by atoms with Crippen molar-refractivity contribution in [3.63, 3.8) is 0 Å². The van der Waals surface area contributed by atoms with E-state index in [2.05, 4.69) is 0 Å². The molecule has 0 spiro atoms. The van der Waals surface area contributed by atoms with Gasteiger partial charge in [-0.1, -0.05) is 13.0 Å². The third-order valence-corrected chi connectivity index (χ3v) is 3.95. The topological polar surface area (TPSA) is 58.9 Å². The highest BCUT2D eigenvalue weighted by molar-refractivity contribution is 6.60. The van der Waals surface area contributed by atoms with E-state index in [0.29, 0.717) is 13.0 Å². The Morgan fingerprint density at radius 2 is 1.71 bits per heavy atom. The fourth-order valence-electron chi connectivity index (χ4n) is 1.79. The molecule has 0 saturated carbocycles. The van der Waals surface area contributed by atoms with Gasteiger partial charge in [-0.3, -0.25) is 0 Å². The van der Waals surface area contributed by atoms with Crippen LogP contribution in [0.25, 0.3) is 0 Å². The van der Waals surface area contributed by atoms with Crippen LogP contribution in [0.15, 0.2) is 18.2 Å². The molecule has 0 saturated heterocycles. The van der Waals surface area contributed by atoms with E-state index in [1.165, 1.54) is 33.8 Å². The second kappa shape index (κ2) is 7.33. The van der Waals surface area contributed by atoms with E-state index in [9.17, 15) is 23.3 Å². The summed E-state index contributed by atoms with van der Waals surface area (Å²) in [5.74, 6) is 0.0712. The Balaban J connectivity index is 3.18. The number of benzene rings is 1. The molecule has 0 unspecified atom stereocenters. The summed E-state index contributed by atoms with van der Waals surface area (Å²) in [6.07, 6.45) is -4.02. The highest BCUT2D eigenvalue weighted by atomic mass is 19.4. The lowest BCUT2D eigenvalue weighted by Gasteiger charge is -2.38. The fraction of sp³-hybridized carbons (Fsp3) is 0.625. The minimum atomic E-state index is -4.68. The summed E-state index contributed by atoms with van der Waals surface area (Å²) in [6.45, 7) is 8.01. The summed E-state index contributed by atoms with van der Waals surface area (Å²) in [4.78, 5) is 0. The Labute approximate surface area is 140 Å². The second-order valence-corrected chi connectivity index (χ2v) is 6.63. The van der Waals surface area contributed by atoms with Crippen LogP contribution in [0.5, 0.6) is 5.75 Å². The molecule has 1 aromatic rings. The number of hydrogen-bond acceptors (Lipinski definition) is 4. The van der Waals surface area contributed by atoms with Gasteiger partial charge in [-0.15, -0.1) is 0 Å². The van der Waals surface area contributed by atoms with E-state index in [1.54, 1.807) is 0 Å². The average Bonchev–Trinajstić information content (AvgIpc) is 2.42. The molecule has 0 fully saturated rings. The summed E-state index contributed by atoms with van der Waals surface area (Å²) < 4.78 is 50.4. The molecule has 1 rings (SSSR count). The van der Waals surface area contributed by atoms with Gasteiger partial charge in [-0.05, 0) is 51.7 Å². The largest absolute Gasteiger partial charge is 0.494 e. The molecule has 0 aliphatic rings. The highest BCUT2D eigenvalue weighted by Crippen LogP contribution is 2.32. The number of rotatable bonds is 7. The molecule has 8 heteroatoms. The van der Waals surface area contributed by atoms with Crippen LogP contribution < -0.4 is 10.2 Å². The molecule has 1 aromatic carbocycles. The third kappa shape index (κ3) is 5.12. The molecule has 0 radical (unpaired) electrons. The molecule has 0 aliphatic carbocycles. The molecule has 0 atom stereocenters. The molecule has 0 heterocycles.